The largest absolute Gasteiger partial charge is 0.444 e. The van der Waals surface area contributed by atoms with E-state index < -0.39 is 6.09 Å². The van der Waals surface area contributed by atoms with Crippen molar-refractivity contribution < 1.29 is 9.53 Å². The zero-order valence-electron chi connectivity index (χ0n) is 14.5. The molecule has 0 aliphatic heterocycles. The van der Waals surface area contributed by atoms with Crippen molar-refractivity contribution in [3.8, 4) is 0 Å². The van der Waals surface area contributed by atoms with Gasteiger partial charge in [0.05, 0.1) is 10.1 Å². The van der Waals surface area contributed by atoms with Crippen LogP contribution in [-0.4, -0.2) is 33.7 Å². The van der Waals surface area contributed by atoms with Crippen molar-refractivity contribution in [2.75, 3.05) is 16.8 Å². The Kier molecular flexibility index (Phi) is 7.56. The molecule has 1 amide bonds. The van der Waals surface area contributed by atoms with Crippen LogP contribution in [0.25, 0.3) is 0 Å². The average molecular weight is 398 g/mol. The standard InChI is InChI=1S/C20H19N3O2S2/c24-20(23-16-8-2-1-3-9-16)25-17(14-26-18-10-4-6-12-21-18)15-27-19-11-5-7-13-22-19/h1-13,17H,14-15H2,(H,23,24). The van der Waals surface area contributed by atoms with E-state index in [1.165, 1.54) is 0 Å². The highest BCUT2D eigenvalue weighted by atomic mass is 32.2. The number of nitrogens with one attached hydrogen (secondary N) is 1. The van der Waals surface area contributed by atoms with E-state index in [-0.39, 0.29) is 6.10 Å². The minimum Gasteiger partial charge on any atom is -0.444 e. The number of hydrogen-bond acceptors (Lipinski definition) is 6. The van der Waals surface area contributed by atoms with Gasteiger partial charge < -0.3 is 4.74 Å². The number of anilines is 1. The second-order valence-corrected chi connectivity index (χ2v) is 7.56. The molecule has 0 atom stereocenters. The minimum absolute atomic E-state index is 0.285. The molecule has 2 heterocycles. The van der Waals surface area contributed by atoms with Crippen LogP contribution >= 0.6 is 23.5 Å². The summed E-state index contributed by atoms with van der Waals surface area (Å²) in [7, 11) is 0. The Bertz CT molecular complexity index is 777. The molecule has 0 radical (unpaired) electrons. The first-order valence-corrected chi connectivity index (χ1v) is 10.4. The average Bonchev–Trinajstić information content (AvgIpc) is 2.72. The van der Waals surface area contributed by atoms with Gasteiger partial charge >= 0.3 is 6.09 Å². The van der Waals surface area contributed by atoms with Gasteiger partial charge in [-0.1, -0.05) is 30.3 Å². The van der Waals surface area contributed by atoms with Crippen LogP contribution in [0.2, 0.25) is 0 Å². The van der Waals surface area contributed by atoms with Crippen LogP contribution in [0.5, 0.6) is 0 Å². The van der Waals surface area contributed by atoms with Gasteiger partial charge in [0, 0.05) is 29.6 Å². The summed E-state index contributed by atoms with van der Waals surface area (Å²) in [6, 6.07) is 20.8. The predicted molar refractivity (Wildman–Crippen MR) is 110 cm³/mol. The molecule has 0 bridgehead atoms. The van der Waals surface area contributed by atoms with E-state index in [2.05, 4.69) is 15.3 Å². The van der Waals surface area contributed by atoms with Crippen LogP contribution in [0, 0.1) is 0 Å². The highest BCUT2D eigenvalue weighted by Gasteiger charge is 2.16. The number of benzene rings is 1. The number of amides is 1. The van der Waals surface area contributed by atoms with Gasteiger partial charge in [-0.2, -0.15) is 0 Å². The molecule has 5 nitrogen and oxygen atoms in total. The predicted octanol–water partition coefficient (Wildman–Crippen LogP) is 4.98. The Labute approximate surface area is 167 Å². The minimum atomic E-state index is -0.463. The Hall–Kier alpha value is -2.51. The first-order valence-electron chi connectivity index (χ1n) is 8.40. The van der Waals surface area contributed by atoms with Crippen LogP contribution < -0.4 is 5.32 Å². The first kappa shape index (κ1) is 19.3. The van der Waals surface area contributed by atoms with Crippen LogP contribution in [0.4, 0.5) is 10.5 Å². The third-order valence-electron chi connectivity index (χ3n) is 3.40. The maximum atomic E-state index is 12.3. The number of rotatable bonds is 8. The molecule has 3 rings (SSSR count). The van der Waals surface area contributed by atoms with Crippen LogP contribution in [0.3, 0.4) is 0 Å². The molecule has 0 unspecified atom stereocenters. The smallest absolute Gasteiger partial charge is 0.411 e. The number of aromatic nitrogens is 2. The second kappa shape index (κ2) is 10.6. The van der Waals surface area contributed by atoms with E-state index in [1.807, 2.05) is 66.7 Å². The number of carbonyl (C=O) groups excluding carboxylic acids is 1. The first-order chi connectivity index (χ1) is 13.3. The molecular weight excluding hydrogens is 378 g/mol. The third kappa shape index (κ3) is 6.96. The molecule has 3 aromatic rings. The maximum absolute atomic E-state index is 12.3. The summed E-state index contributed by atoms with van der Waals surface area (Å²) in [5.41, 5.74) is 0.705. The lowest BCUT2D eigenvalue weighted by Gasteiger charge is -2.17. The van der Waals surface area contributed by atoms with Crippen LogP contribution in [0.15, 0.2) is 89.2 Å². The van der Waals surface area contributed by atoms with Crippen molar-refractivity contribution in [2.45, 2.75) is 16.2 Å². The molecule has 1 N–H and O–H groups in total. The van der Waals surface area contributed by atoms with Crippen LogP contribution in [0.1, 0.15) is 0 Å². The summed E-state index contributed by atoms with van der Waals surface area (Å²) in [6.07, 6.45) is 2.76. The van der Waals surface area contributed by atoms with Crippen molar-refractivity contribution >= 4 is 35.3 Å². The van der Waals surface area contributed by atoms with Crippen molar-refractivity contribution in [1.82, 2.24) is 9.97 Å². The molecule has 0 aliphatic rings. The summed E-state index contributed by atoms with van der Waals surface area (Å²) >= 11 is 3.12. The monoisotopic (exact) mass is 397 g/mol. The highest BCUT2D eigenvalue weighted by Crippen LogP contribution is 2.22. The van der Waals surface area contributed by atoms with Crippen molar-refractivity contribution in [2.24, 2.45) is 0 Å². The lowest BCUT2D eigenvalue weighted by atomic mass is 10.3. The van der Waals surface area contributed by atoms with Gasteiger partial charge in [0.2, 0.25) is 0 Å². The molecule has 1 aromatic carbocycles. The van der Waals surface area contributed by atoms with Crippen molar-refractivity contribution in [1.29, 1.82) is 0 Å². The maximum Gasteiger partial charge on any atom is 0.411 e. The molecule has 27 heavy (non-hydrogen) atoms. The molecular formula is C20H19N3O2S2. The lowest BCUT2D eigenvalue weighted by molar-refractivity contribution is 0.134. The van der Waals surface area contributed by atoms with Gasteiger partial charge in [-0.15, -0.1) is 23.5 Å². The Morgan fingerprint density at radius 3 is 1.93 bits per heavy atom. The number of carbonyl (C=O) groups is 1. The normalized spacial score (nSPS) is 10.6. The summed E-state index contributed by atoms with van der Waals surface area (Å²) in [6.45, 7) is 0. The van der Waals surface area contributed by atoms with Gasteiger partial charge in [0.25, 0.3) is 0 Å². The van der Waals surface area contributed by atoms with E-state index >= 15 is 0 Å². The van der Waals surface area contributed by atoms with Crippen LogP contribution in [-0.2, 0) is 4.74 Å². The number of hydrogen-bond donors (Lipinski definition) is 1. The second-order valence-electron chi connectivity index (χ2n) is 5.48. The SMILES string of the molecule is O=C(Nc1ccccc1)OC(CSc1ccccn1)CSc1ccccn1. The number of pyridine rings is 2. The Morgan fingerprint density at radius 1 is 0.852 bits per heavy atom. The van der Waals surface area contributed by atoms with Gasteiger partial charge in [0.15, 0.2) is 0 Å². The molecule has 0 saturated carbocycles. The molecule has 7 heteroatoms. The fraction of sp³-hybridized carbons (Fsp3) is 0.150. The van der Waals surface area contributed by atoms with Crippen molar-refractivity contribution in [3.05, 3.63) is 79.1 Å². The van der Waals surface area contributed by atoms with Gasteiger partial charge in [-0.05, 0) is 36.4 Å². The zero-order chi connectivity index (χ0) is 18.7. The topological polar surface area (TPSA) is 64.1 Å². The number of para-hydroxylation sites is 1. The number of thioether (sulfide) groups is 2. The van der Waals surface area contributed by atoms with Crippen molar-refractivity contribution in [3.63, 3.8) is 0 Å². The van der Waals surface area contributed by atoms with Gasteiger partial charge in [-0.3, -0.25) is 5.32 Å². The van der Waals surface area contributed by atoms with E-state index in [4.69, 9.17) is 4.74 Å². The zero-order valence-corrected chi connectivity index (χ0v) is 16.2. The van der Waals surface area contributed by atoms with E-state index in [9.17, 15) is 4.79 Å². The number of nitrogens with zero attached hydrogens (tertiary/aromatic N) is 2. The fourth-order valence-corrected chi connectivity index (χ4v) is 4.01. The summed E-state index contributed by atoms with van der Waals surface area (Å²) in [5.74, 6) is 1.22. The van der Waals surface area contributed by atoms with Gasteiger partial charge in [-0.25, -0.2) is 14.8 Å². The quantitative estimate of drug-likeness (QED) is 0.541. The lowest BCUT2D eigenvalue weighted by Crippen LogP contribution is -2.26. The highest BCUT2D eigenvalue weighted by molar-refractivity contribution is 8.00. The van der Waals surface area contributed by atoms with E-state index in [0.29, 0.717) is 17.2 Å². The van der Waals surface area contributed by atoms with E-state index in [1.54, 1.807) is 35.9 Å². The summed E-state index contributed by atoms with van der Waals surface area (Å²) in [5, 5.41) is 4.56. The number of ether oxygens (including phenoxy) is 1. The molecule has 0 spiro atoms. The van der Waals surface area contributed by atoms with E-state index in [0.717, 1.165) is 10.1 Å². The summed E-state index contributed by atoms with van der Waals surface area (Å²) < 4.78 is 5.65. The van der Waals surface area contributed by atoms with Gasteiger partial charge in [0.1, 0.15) is 6.10 Å². The molecule has 138 valence electrons. The molecule has 0 aliphatic carbocycles. The fourth-order valence-electron chi connectivity index (χ4n) is 2.16. The Morgan fingerprint density at radius 2 is 1.41 bits per heavy atom. The summed E-state index contributed by atoms with van der Waals surface area (Å²) in [4.78, 5) is 20.9. The third-order valence-corrected chi connectivity index (χ3v) is 5.56. The molecule has 2 aromatic heterocycles. The molecule has 0 saturated heterocycles. The Balaban J connectivity index is 1.58. The molecule has 0 fully saturated rings.